The van der Waals surface area contributed by atoms with E-state index >= 15 is 0 Å². The van der Waals surface area contributed by atoms with Crippen LogP contribution < -0.4 is 16.0 Å². The van der Waals surface area contributed by atoms with E-state index in [9.17, 15) is 18.8 Å². The third-order valence-corrected chi connectivity index (χ3v) is 4.21. The number of benzene rings is 2. The second-order valence-corrected chi connectivity index (χ2v) is 7.87. The smallest absolute Gasteiger partial charge is 0.252 e. The van der Waals surface area contributed by atoms with Crippen molar-refractivity contribution in [2.24, 2.45) is 5.41 Å². The number of nitrogens with one attached hydrogen (secondary N) is 3. The van der Waals surface area contributed by atoms with Crippen LogP contribution in [0.4, 0.5) is 15.8 Å². The molecule has 0 bridgehead atoms. The Morgan fingerprint density at radius 3 is 2.28 bits per heavy atom. The molecule has 0 radical (unpaired) electrons. The average molecular weight is 420 g/mol. The summed E-state index contributed by atoms with van der Waals surface area (Å²) in [7, 11) is 0. The Kier molecular flexibility index (Phi) is 7.34. The Hall–Kier alpha value is -2.93. The first-order valence-corrected chi connectivity index (χ1v) is 9.38. The van der Waals surface area contributed by atoms with Crippen LogP contribution in [0.2, 0.25) is 5.02 Å². The summed E-state index contributed by atoms with van der Waals surface area (Å²) in [6.45, 7) is 5.50. The van der Waals surface area contributed by atoms with Crippen molar-refractivity contribution in [1.29, 1.82) is 0 Å². The van der Waals surface area contributed by atoms with E-state index in [0.29, 0.717) is 11.4 Å². The highest BCUT2D eigenvalue weighted by Crippen LogP contribution is 2.20. The molecule has 29 heavy (non-hydrogen) atoms. The number of hydrogen-bond acceptors (Lipinski definition) is 3. The maximum absolute atomic E-state index is 13.0. The van der Waals surface area contributed by atoms with Crippen molar-refractivity contribution < 1.29 is 18.8 Å². The summed E-state index contributed by atoms with van der Waals surface area (Å²) in [6, 6.07) is 10.3. The molecule has 0 atom stereocenters. The molecule has 3 N–H and O–H groups in total. The van der Waals surface area contributed by atoms with E-state index in [4.69, 9.17) is 11.6 Å². The van der Waals surface area contributed by atoms with Crippen molar-refractivity contribution in [3.05, 3.63) is 58.9 Å². The highest BCUT2D eigenvalue weighted by molar-refractivity contribution is 6.33. The van der Waals surface area contributed by atoms with Crippen LogP contribution in [0.15, 0.2) is 42.5 Å². The fraction of sp³-hybridized carbons (Fsp3) is 0.286. The number of hydrogen-bond donors (Lipinski definition) is 3. The Balaban J connectivity index is 1.85. The minimum absolute atomic E-state index is 0.000991. The van der Waals surface area contributed by atoms with Gasteiger partial charge in [0.25, 0.3) is 5.91 Å². The van der Waals surface area contributed by atoms with Crippen LogP contribution in [0.1, 0.15) is 37.6 Å². The third-order valence-electron chi connectivity index (χ3n) is 3.90. The fourth-order valence-electron chi connectivity index (χ4n) is 2.28. The van der Waals surface area contributed by atoms with E-state index in [1.54, 1.807) is 45.0 Å². The lowest BCUT2D eigenvalue weighted by molar-refractivity contribution is -0.123. The second-order valence-electron chi connectivity index (χ2n) is 7.46. The van der Waals surface area contributed by atoms with Crippen LogP contribution in [0.3, 0.4) is 0 Å². The summed E-state index contributed by atoms with van der Waals surface area (Å²) in [4.78, 5) is 36.2. The van der Waals surface area contributed by atoms with E-state index in [1.807, 2.05) is 0 Å². The van der Waals surface area contributed by atoms with Gasteiger partial charge in [-0.3, -0.25) is 14.4 Å². The van der Waals surface area contributed by atoms with Gasteiger partial charge in [0.2, 0.25) is 11.8 Å². The summed E-state index contributed by atoms with van der Waals surface area (Å²) >= 11 is 5.84. The predicted molar refractivity (Wildman–Crippen MR) is 112 cm³/mol. The molecule has 8 heteroatoms. The van der Waals surface area contributed by atoms with Crippen molar-refractivity contribution in [2.75, 3.05) is 17.2 Å². The monoisotopic (exact) mass is 419 g/mol. The van der Waals surface area contributed by atoms with Crippen LogP contribution in [0, 0.1) is 11.2 Å². The number of carbonyl (C=O) groups excluding carboxylic acids is 3. The van der Waals surface area contributed by atoms with E-state index in [0.717, 1.165) is 12.1 Å². The topological polar surface area (TPSA) is 87.3 Å². The van der Waals surface area contributed by atoms with Crippen molar-refractivity contribution in [2.45, 2.75) is 27.2 Å². The number of rotatable bonds is 6. The molecular formula is C21H23ClFN3O3. The summed E-state index contributed by atoms with van der Waals surface area (Å²) in [5, 5.41) is 8.07. The highest BCUT2D eigenvalue weighted by Gasteiger charge is 2.21. The van der Waals surface area contributed by atoms with Gasteiger partial charge < -0.3 is 16.0 Å². The molecule has 0 aliphatic heterocycles. The summed E-state index contributed by atoms with van der Waals surface area (Å²) < 4.78 is 13.0. The maximum Gasteiger partial charge on any atom is 0.252 e. The summed E-state index contributed by atoms with van der Waals surface area (Å²) in [6.07, 6.45) is 0.0309. The van der Waals surface area contributed by atoms with Crippen LogP contribution in [0.5, 0.6) is 0 Å². The maximum atomic E-state index is 13.0. The molecule has 2 aromatic carbocycles. The van der Waals surface area contributed by atoms with E-state index in [1.165, 1.54) is 6.07 Å². The van der Waals surface area contributed by atoms with Crippen LogP contribution >= 0.6 is 11.6 Å². The van der Waals surface area contributed by atoms with E-state index in [2.05, 4.69) is 16.0 Å². The molecule has 0 saturated carbocycles. The standard InChI is InChI=1S/C21H23ClFN3O3/c1-21(2,3)20(29)26-15-6-4-5-14(12-15)25-18(27)9-10-24-19(28)16-8-7-13(23)11-17(16)22/h4-8,11-12H,9-10H2,1-3H3,(H,24,28)(H,25,27)(H,26,29). The lowest BCUT2D eigenvalue weighted by atomic mass is 9.95. The quantitative estimate of drug-likeness (QED) is 0.655. The van der Waals surface area contributed by atoms with Gasteiger partial charge >= 0.3 is 0 Å². The zero-order valence-electron chi connectivity index (χ0n) is 16.4. The number of amides is 3. The molecule has 6 nitrogen and oxygen atoms in total. The lowest BCUT2D eigenvalue weighted by Crippen LogP contribution is -2.28. The Labute approximate surface area is 173 Å². The number of halogens is 2. The van der Waals surface area contributed by atoms with Gasteiger partial charge in [-0.2, -0.15) is 0 Å². The molecule has 0 spiro atoms. The van der Waals surface area contributed by atoms with Gasteiger partial charge in [-0.15, -0.1) is 0 Å². The molecule has 0 unspecified atom stereocenters. The normalized spacial score (nSPS) is 10.9. The van der Waals surface area contributed by atoms with Crippen LogP contribution in [-0.2, 0) is 9.59 Å². The Morgan fingerprint density at radius 2 is 1.66 bits per heavy atom. The van der Waals surface area contributed by atoms with Crippen molar-refractivity contribution in [3.8, 4) is 0 Å². The third kappa shape index (κ3) is 6.87. The van der Waals surface area contributed by atoms with Crippen LogP contribution in [0.25, 0.3) is 0 Å². The summed E-state index contributed by atoms with van der Waals surface area (Å²) in [5.74, 6) is -1.47. The molecule has 0 aromatic heterocycles. The van der Waals surface area contributed by atoms with Crippen molar-refractivity contribution in [1.82, 2.24) is 5.32 Å². The fourth-order valence-corrected chi connectivity index (χ4v) is 2.53. The lowest BCUT2D eigenvalue weighted by Gasteiger charge is -2.18. The van der Waals surface area contributed by atoms with Gasteiger partial charge in [0.1, 0.15) is 5.82 Å². The van der Waals surface area contributed by atoms with Gasteiger partial charge in [-0.1, -0.05) is 38.4 Å². The second kappa shape index (κ2) is 9.52. The first-order valence-electron chi connectivity index (χ1n) is 9.01. The average Bonchev–Trinajstić information content (AvgIpc) is 2.61. The molecular weight excluding hydrogens is 397 g/mol. The molecule has 0 aliphatic carbocycles. The highest BCUT2D eigenvalue weighted by atomic mass is 35.5. The molecule has 2 aromatic rings. The Morgan fingerprint density at radius 1 is 1.00 bits per heavy atom. The number of anilines is 2. The first kappa shape index (κ1) is 22.4. The van der Waals surface area contributed by atoms with Gasteiger partial charge in [-0.05, 0) is 36.4 Å². The molecule has 0 fully saturated rings. The zero-order valence-corrected chi connectivity index (χ0v) is 17.2. The van der Waals surface area contributed by atoms with Crippen molar-refractivity contribution in [3.63, 3.8) is 0 Å². The van der Waals surface area contributed by atoms with Crippen LogP contribution in [-0.4, -0.2) is 24.3 Å². The molecule has 2 rings (SSSR count). The van der Waals surface area contributed by atoms with Gasteiger partial charge in [0.05, 0.1) is 10.6 Å². The molecule has 154 valence electrons. The van der Waals surface area contributed by atoms with Gasteiger partial charge in [0, 0.05) is 29.8 Å². The van der Waals surface area contributed by atoms with E-state index < -0.39 is 17.1 Å². The van der Waals surface area contributed by atoms with E-state index in [-0.39, 0.29) is 35.4 Å². The van der Waals surface area contributed by atoms with Crippen molar-refractivity contribution >= 4 is 40.7 Å². The minimum atomic E-state index is -0.537. The number of carbonyl (C=O) groups is 3. The molecule has 3 amide bonds. The predicted octanol–water partition coefficient (Wildman–Crippen LogP) is 4.22. The summed E-state index contributed by atoms with van der Waals surface area (Å²) in [5.41, 5.74) is 0.692. The molecule has 0 saturated heterocycles. The SMILES string of the molecule is CC(C)(C)C(=O)Nc1cccc(NC(=O)CCNC(=O)c2ccc(F)cc2Cl)c1. The van der Waals surface area contributed by atoms with Gasteiger partial charge in [0.15, 0.2) is 0 Å². The van der Waals surface area contributed by atoms with Gasteiger partial charge in [-0.25, -0.2) is 4.39 Å². The molecule has 0 heterocycles. The largest absolute Gasteiger partial charge is 0.351 e. The zero-order chi connectivity index (χ0) is 21.6. The minimum Gasteiger partial charge on any atom is -0.351 e. The Bertz CT molecular complexity index is 926. The first-order chi connectivity index (χ1) is 13.6. The molecule has 0 aliphatic rings.